The molecule has 0 radical (unpaired) electrons. The van der Waals surface area contributed by atoms with Gasteiger partial charge in [-0.2, -0.15) is 0 Å². The number of fused-ring (bicyclic) bond motifs is 1. The molecule has 1 aliphatic rings. The molecule has 0 aliphatic heterocycles. The Balaban J connectivity index is 2.55. The van der Waals surface area contributed by atoms with Crippen molar-refractivity contribution in [3.63, 3.8) is 0 Å². The second kappa shape index (κ2) is 4.92. The van der Waals surface area contributed by atoms with Crippen molar-refractivity contribution in [3.05, 3.63) is 34.4 Å². The molecule has 0 saturated carbocycles. The van der Waals surface area contributed by atoms with Crippen molar-refractivity contribution in [2.24, 2.45) is 0 Å². The van der Waals surface area contributed by atoms with E-state index in [0.29, 0.717) is 24.3 Å². The molecule has 3 nitrogen and oxygen atoms in total. The van der Waals surface area contributed by atoms with Crippen LogP contribution in [0.4, 0.5) is 0 Å². The van der Waals surface area contributed by atoms with Crippen LogP contribution in [0.5, 0.6) is 0 Å². The summed E-state index contributed by atoms with van der Waals surface area (Å²) in [6.07, 6.45) is 1.82. The first-order chi connectivity index (χ1) is 8.52. The summed E-state index contributed by atoms with van der Waals surface area (Å²) in [4.78, 5) is 23.2. The quantitative estimate of drug-likeness (QED) is 0.753. The van der Waals surface area contributed by atoms with Crippen LogP contribution in [0.3, 0.4) is 0 Å². The van der Waals surface area contributed by atoms with Crippen LogP contribution >= 0.6 is 0 Å². The molecule has 0 N–H and O–H groups in total. The highest BCUT2D eigenvalue weighted by molar-refractivity contribution is 5.91. The minimum atomic E-state index is -0.309. The molecule has 1 aromatic carbocycles. The largest absolute Gasteiger partial charge is 0.465 e. The van der Waals surface area contributed by atoms with Crippen LogP contribution < -0.4 is 0 Å². The predicted octanol–water partition coefficient (Wildman–Crippen LogP) is 2.65. The first kappa shape index (κ1) is 12.8. The predicted molar refractivity (Wildman–Crippen MR) is 68.9 cm³/mol. The fourth-order valence-corrected chi connectivity index (χ4v) is 2.51. The molecule has 3 heteroatoms. The van der Waals surface area contributed by atoms with Gasteiger partial charge in [0.05, 0.1) is 12.7 Å². The SMILES string of the molecule is COC(=O)c1cc2c(c(C(C)C)c1)CC(=O)CC2. The lowest BCUT2D eigenvalue weighted by atomic mass is 9.83. The summed E-state index contributed by atoms with van der Waals surface area (Å²) in [5.41, 5.74) is 3.94. The number of hydrogen-bond donors (Lipinski definition) is 0. The highest BCUT2D eigenvalue weighted by atomic mass is 16.5. The molecule has 0 bridgehead atoms. The van der Waals surface area contributed by atoms with Crippen LogP contribution in [0.25, 0.3) is 0 Å². The maximum Gasteiger partial charge on any atom is 0.337 e. The molecule has 1 aliphatic carbocycles. The Hall–Kier alpha value is -1.64. The number of carbonyl (C=O) groups is 2. The van der Waals surface area contributed by atoms with Crippen LogP contribution in [-0.4, -0.2) is 18.9 Å². The summed E-state index contributed by atoms with van der Waals surface area (Å²) in [6.45, 7) is 4.16. The molecule has 0 saturated heterocycles. The fraction of sp³-hybridized carbons (Fsp3) is 0.467. The van der Waals surface area contributed by atoms with Crippen LogP contribution in [0.1, 0.15) is 53.2 Å². The summed E-state index contributed by atoms with van der Waals surface area (Å²) in [6, 6.07) is 3.74. The van der Waals surface area contributed by atoms with Crippen LogP contribution in [0, 0.1) is 0 Å². The average Bonchev–Trinajstić information content (AvgIpc) is 2.36. The Kier molecular flexibility index (Phi) is 3.50. The summed E-state index contributed by atoms with van der Waals surface area (Å²) in [5.74, 6) is 0.279. The van der Waals surface area contributed by atoms with E-state index in [0.717, 1.165) is 23.1 Å². The van der Waals surface area contributed by atoms with E-state index in [1.54, 1.807) is 0 Å². The van der Waals surface area contributed by atoms with Gasteiger partial charge in [-0.3, -0.25) is 4.79 Å². The van der Waals surface area contributed by atoms with E-state index in [9.17, 15) is 9.59 Å². The number of methoxy groups -OCH3 is 1. The van der Waals surface area contributed by atoms with Gasteiger partial charge in [-0.25, -0.2) is 4.79 Å². The van der Waals surface area contributed by atoms with E-state index in [1.807, 2.05) is 12.1 Å². The third kappa shape index (κ3) is 2.30. The van der Waals surface area contributed by atoms with Crippen LogP contribution in [-0.2, 0) is 22.4 Å². The van der Waals surface area contributed by atoms with E-state index in [4.69, 9.17) is 4.74 Å². The van der Waals surface area contributed by atoms with Crippen molar-refractivity contribution >= 4 is 11.8 Å². The number of carbonyl (C=O) groups excluding carboxylic acids is 2. The molecular formula is C15H18O3. The molecule has 1 aromatic rings. The van der Waals surface area contributed by atoms with Crippen molar-refractivity contribution in [1.82, 2.24) is 0 Å². The van der Waals surface area contributed by atoms with Crippen molar-refractivity contribution in [3.8, 4) is 0 Å². The number of esters is 1. The van der Waals surface area contributed by atoms with E-state index in [1.165, 1.54) is 7.11 Å². The van der Waals surface area contributed by atoms with Crippen molar-refractivity contribution in [2.45, 2.75) is 39.0 Å². The summed E-state index contributed by atoms with van der Waals surface area (Å²) in [7, 11) is 1.39. The zero-order chi connectivity index (χ0) is 13.3. The van der Waals surface area contributed by atoms with Gasteiger partial charge in [-0.1, -0.05) is 13.8 Å². The Morgan fingerprint density at radius 1 is 1.28 bits per heavy atom. The first-order valence-electron chi connectivity index (χ1n) is 6.28. The third-order valence-corrected chi connectivity index (χ3v) is 3.47. The number of rotatable bonds is 2. The van der Waals surface area contributed by atoms with Crippen LogP contribution in [0.2, 0.25) is 0 Å². The highest BCUT2D eigenvalue weighted by Gasteiger charge is 2.22. The number of aryl methyl sites for hydroxylation is 1. The van der Waals surface area contributed by atoms with Gasteiger partial charge in [0, 0.05) is 12.8 Å². The molecule has 0 atom stereocenters. The standard InChI is InChI=1S/C15H18O3/c1-9(2)13-7-11(15(17)18-3)6-10-4-5-12(16)8-14(10)13/h6-7,9H,4-5,8H2,1-3H3. The summed E-state index contributed by atoms with van der Waals surface area (Å²) >= 11 is 0. The molecule has 96 valence electrons. The molecule has 0 unspecified atom stereocenters. The zero-order valence-electron chi connectivity index (χ0n) is 11.1. The molecule has 0 heterocycles. The lowest BCUT2D eigenvalue weighted by Crippen LogP contribution is -2.17. The number of hydrogen-bond acceptors (Lipinski definition) is 3. The monoisotopic (exact) mass is 246 g/mol. The Bertz CT molecular complexity index is 501. The molecule has 18 heavy (non-hydrogen) atoms. The van der Waals surface area contributed by atoms with Gasteiger partial charge in [-0.05, 0) is 41.2 Å². The molecular weight excluding hydrogens is 228 g/mol. The van der Waals surface area contributed by atoms with E-state index in [-0.39, 0.29) is 11.8 Å². The average molecular weight is 246 g/mol. The topological polar surface area (TPSA) is 43.4 Å². The van der Waals surface area contributed by atoms with Gasteiger partial charge in [0.15, 0.2) is 0 Å². The molecule has 2 rings (SSSR count). The maximum atomic E-state index is 11.6. The third-order valence-electron chi connectivity index (χ3n) is 3.47. The maximum absolute atomic E-state index is 11.6. The van der Waals surface area contributed by atoms with E-state index in [2.05, 4.69) is 13.8 Å². The smallest absolute Gasteiger partial charge is 0.337 e. The highest BCUT2D eigenvalue weighted by Crippen LogP contribution is 2.29. The van der Waals surface area contributed by atoms with Gasteiger partial charge < -0.3 is 4.74 Å². The normalized spacial score (nSPS) is 14.6. The van der Waals surface area contributed by atoms with E-state index >= 15 is 0 Å². The number of ketones is 1. The lowest BCUT2D eigenvalue weighted by molar-refractivity contribution is -0.118. The Morgan fingerprint density at radius 2 is 2.00 bits per heavy atom. The first-order valence-corrected chi connectivity index (χ1v) is 6.28. The second-order valence-corrected chi connectivity index (χ2v) is 5.06. The van der Waals surface area contributed by atoms with Gasteiger partial charge in [0.1, 0.15) is 5.78 Å². The number of Topliss-reactive ketones (excluding diaryl/α,β-unsaturated/α-hetero) is 1. The van der Waals surface area contributed by atoms with Gasteiger partial charge in [0.2, 0.25) is 0 Å². The van der Waals surface area contributed by atoms with Crippen LogP contribution in [0.15, 0.2) is 12.1 Å². The minimum Gasteiger partial charge on any atom is -0.465 e. The van der Waals surface area contributed by atoms with Crippen molar-refractivity contribution in [2.75, 3.05) is 7.11 Å². The number of ether oxygens (including phenoxy) is 1. The lowest BCUT2D eigenvalue weighted by Gasteiger charge is -2.22. The van der Waals surface area contributed by atoms with E-state index < -0.39 is 0 Å². The molecule has 0 amide bonds. The van der Waals surface area contributed by atoms with Crippen molar-refractivity contribution < 1.29 is 14.3 Å². The molecule has 0 aromatic heterocycles. The fourth-order valence-electron chi connectivity index (χ4n) is 2.51. The minimum absolute atomic E-state index is 0.287. The second-order valence-electron chi connectivity index (χ2n) is 5.06. The molecule has 0 fully saturated rings. The zero-order valence-corrected chi connectivity index (χ0v) is 11.1. The summed E-state index contributed by atoms with van der Waals surface area (Å²) < 4.78 is 4.78. The number of benzene rings is 1. The van der Waals surface area contributed by atoms with Crippen molar-refractivity contribution in [1.29, 1.82) is 0 Å². The van der Waals surface area contributed by atoms with Gasteiger partial charge >= 0.3 is 5.97 Å². The summed E-state index contributed by atoms with van der Waals surface area (Å²) in [5, 5.41) is 0. The van der Waals surface area contributed by atoms with Gasteiger partial charge in [0.25, 0.3) is 0 Å². The molecule has 0 spiro atoms. The van der Waals surface area contributed by atoms with Gasteiger partial charge in [-0.15, -0.1) is 0 Å². The Morgan fingerprint density at radius 3 is 2.61 bits per heavy atom. The Labute approximate surface area is 107 Å².